The molecule has 2 aromatic rings. The summed E-state index contributed by atoms with van der Waals surface area (Å²) in [6, 6.07) is 22.4. The molecule has 2 heteroatoms. The van der Waals surface area contributed by atoms with E-state index in [1.165, 1.54) is 50.1 Å². The van der Waals surface area contributed by atoms with E-state index in [9.17, 15) is 0 Å². The second-order valence-electron chi connectivity index (χ2n) is 7.43. The molecule has 0 bridgehead atoms. The summed E-state index contributed by atoms with van der Waals surface area (Å²) in [5, 5.41) is 0. The first-order valence-electron chi connectivity index (χ1n) is 8.78. The fourth-order valence-electron chi connectivity index (χ4n) is 4.56. The van der Waals surface area contributed by atoms with Gasteiger partial charge in [-0.1, -0.05) is 60.7 Å². The molecule has 2 fully saturated rings. The minimum Gasteiger partial charge on any atom is -0.305 e. The molecule has 0 aromatic heterocycles. The summed E-state index contributed by atoms with van der Waals surface area (Å²) in [7, 11) is 2.24. The van der Waals surface area contributed by atoms with E-state index in [0.717, 1.165) is 0 Å². The maximum Gasteiger partial charge on any atom is 0.0601 e. The van der Waals surface area contributed by atoms with E-state index >= 15 is 0 Å². The number of piperidine rings is 1. The first-order valence-corrected chi connectivity index (χ1v) is 8.78. The fraction of sp³-hybridized carbons (Fsp3) is 0.429. The predicted octanol–water partition coefficient (Wildman–Crippen LogP) is 3.80. The second-order valence-corrected chi connectivity index (χ2v) is 7.43. The van der Waals surface area contributed by atoms with E-state index in [0.29, 0.717) is 11.5 Å². The van der Waals surface area contributed by atoms with Gasteiger partial charge in [-0.15, -0.1) is 0 Å². The number of hydrogen-bond acceptors (Lipinski definition) is 2. The van der Waals surface area contributed by atoms with Crippen molar-refractivity contribution in [1.82, 2.24) is 9.80 Å². The van der Waals surface area contributed by atoms with Gasteiger partial charge in [-0.2, -0.15) is 0 Å². The normalized spacial score (nSPS) is 21.5. The number of likely N-dealkylation sites (tertiary alicyclic amines) is 2. The SMILES string of the molecule is CN1CC2(CCN(C(c3ccccc3)c3ccccc3)CC2)C1. The van der Waals surface area contributed by atoms with Crippen molar-refractivity contribution in [2.45, 2.75) is 18.9 Å². The molecule has 2 saturated heterocycles. The van der Waals surface area contributed by atoms with Crippen molar-refractivity contribution < 1.29 is 0 Å². The Kier molecular flexibility index (Phi) is 3.96. The summed E-state index contributed by atoms with van der Waals surface area (Å²) >= 11 is 0. The van der Waals surface area contributed by atoms with Crippen LogP contribution in [0.25, 0.3) is 0 Å². The molecule has 1 spiro atoms. The average molecular weight is 306 g/mol. The molecule has 4 rings (SSSR count). The van der Waals surface area contributed by atoms with Crippen molar-refractivity contribution in [1.29, 1.82) is 0 Å². The first kappa shape index (κ1) is 14.9. The van der Waals surface area contributed by atoms with Gasteiger partial charge in [0.1, 0.15) is 0 Å². The van der Waals surface area contributed by atoms with E-state index in [1.54, 1.807) is 0 Å². The van der Waals surface area contributed by atoms with Crippen molar-refractivity contribution in [3.63, 3.8) is 0 Å². The molecule has 23 heavy (non-hydrogen) atoms. The van der Waals surface area contributed by atoms with Crippen LogP contribution in [0.3, 0.4) is 0 Å². The van der Waals surface area contributed by atoms with Crippen LogP contribution in [-0.4, -0.2) is 43.0 Å². The van der Waals surface area contributed by atoms with Crippen LogP contribution in [0.2, 0.25) is 0 Å². The van der Waals surface area contributed by atoms with Gasteiger partial charge in [-0.25, -0.2) is 0 Å². The summed E-state index contributed by atoms with van der Waals surface area (Å²) < 4.78 is 0. The van der Waals surface area contributed by atoms with Crippen molar-refractivity contribution in [2.24, 2.45) is 5.41 Å². The molecule has 0 unspecified atom stereocenters. The zero-order chi connectivity index (χ0) is 15.7. The highest BCUT2D eigenvalue weighted by Gasteiger charge is 2.44. The third kappa shape index (κ3) is 2.93. The molecule has 2 aliphatic heterocycles. The summed E-state index contributed by atoms with van der Waals surface area (Å²) in [6.07, 6.45) is 2.68. The van der Waals surface area contributed by atoms with Crippen molar-refractivity contribution in [3.05, 3.63) is 71.8 Å². The van der Waals surface area contributed by atoms with Crippen molar-refractivity contribution in [3.8, 4) is 0 Å². The third-order valence-corrected chi connectivity index (χ3v) is 5.67. The molecule has 0 saturated carbocycles. The lowest BCUT2D eigenvalue weighted by molar-refractivity contribution is -0.0371. The van der Waals surface area contributed by atoms with Crippen LogP contribution in [0.1, 0.15) is 30.0 Å². The van der Waals surface area contributed by atoms with E-state index in [-0.39, 0.29) is 0 Å². The van der Waals surface area contributed by atoms with Gasteiger partial charge in [-0.05, 0) is 49.5 Å². The lowest BCUT2D eigenvalue weighted by Gasteiger charge is -2.54. The largest absolute Gasteiger partial charge is 0.305 e. The summed E-state index contributed by atoms with van der Waals surface area (Å²) in [5.74, 6) is 0. The Hall–Kier alpha value is -1.64. The maximum atomic E-state index is 2.69. The highest BCUT2D eigenvalue weighted by molar-refractivity contribution is 5.32. The minimum absolute atomic E-state index is 0.396. The van der Waals surface area contributed by atoms with E-state index < -0.39 is 0 Å². The van der Waals surface area contributed by atoms with Crippen LogP contribution in [0.5, 0.6) is 0 Å². The molecule has 0 N–H and O–H groups in total. The van der Waals surface area contributed by atoms with Crippen LogP contribution >= 0.6 is 0 Å². The number of benzene rings is 2. The third-order valence-electron chi connectivity index (χ3n) is 5.67. The Labute approximate surface area is 139 Å². The Morgan fingerprint density at radius 2 is 1.26 bits per heavy atom. The standard InChI is InChI=1S/C21H26N2/c1-22-16-21(17-22)12-14-23(15-13-21)20(18-8-4-2-5-9-18)19-10-6-3-7-11-19/h2-11,20H,12-17H2,1H3. The van der Waals surface area contributed by atoms with Gasteiger partial charge in [0.2, 0.25) is 0 Å². The smallest absolute Gasteiger partial charge is 0.0601 e. The number of rotatable bonds is 3. The zero-order valence-corrected chi connectivity index (χ0v) is 14.0. The van der Waals surface area contributed by atoms with Gasteiger partial charge in [0.15, 0.2) is 0 Å². The molecular weight excluding hydrogens is 280 g/mol. The van der Waals surface area contributed by atoms with Crippen LogP contribution in [0, 0.1) is 5.41 Å². The average Bonchev–Trinajstić information content (AvgIpc) is 2.58. The van der Waals surface area contributed by atoms with Gasteiger partial charge in [0.05, 0.1) is 6.04 Å². The second kappa shape index (κ2) is 6.10. The van der Waals surface area contributed by atoms with Gasteiger partial charge < -0.3 is 4.90 Å². The number of hydrogen-bond donors (Lipinski definition) is 0. The monoisotopic (exact) mass is 306 g/mol. The van der Waals surface area contributed by atoms with Crippen molar-refractivity contribution in [2.75, 3.05) is 33.2 Å². The lowest BCUT2D eigenvalue weighted by Crippen LogP contribution is -2.59. The molecule has 2 heterocycles. The van der Waals surface area contributed by atoms with Gasteiger partial charge in [0.25, 0.3) is 0 Å². The molecule has 120 valence electrons. The minimum atomic E-state index is 0.396. The topological polar surface area (TPSA) is 6.48 Å². The quantitative estimate of drug-likeness (QED) is 0.851. The molecule has 2 aromatic carbocycles. The van der Waals surface area contributed by atoms with Crippen LogP contribution < -0.4 is 0 Å². The molecule has 0 atom stereocenters. The lowest BCUT2D eigenvalue weighted by atomic mass is 9.72. The number of nitrogens with zero attached hydrogens (tertiary/aromatic N) is 2. The zero-order valence-electron chi connectivity index (χ0n) is 14.0. The molecule has 0 amide bonds. The highest BCUT2D eigenvalue weighted by atomic mass is 15.2. The summed E-state index contributed by atoms with van der Waals surface area (Å²) in [5.41, 5.74) is 3.45. The van der Waals surface area contributed by atoms with Crippen LogP contribution in [-0.2, 0) is 0 Å². The van der Waals surface area contributed by atoms with Crippen LogP contribution in [0.4, 0.5) is 0 Å². The Morgan fingerprint density at radius 1 is 0.783 bits per heavy atom. The van der Waals surface area contributed by atoms with Crippen molar-refractivity contribution >= 4 is 0 Å². The highest BCUT2D eigenvalue weighted by Crippen LogP contribution is 2.42. The molecule has 2 nitrogen and oxygen atoms in total. The van der Waals surface area contributed by atoms with Gasteiger partial charge in [0, 0.05) is 13.1 Å². The predicted molar refractivity (Wildman–Crippen MR) is 95.5 cm³/mol. The van der Waals surface area contributed by atoms with Gasteiger partial charge in [-0.3, -0.25) is 4.90 Å². The van der Waals surface area contributed by atoms with E-state index in [2.05, 4.69) is 77.5 Å². The Balaban J connectivity index is 1.57. The summed E-state index contributed by atoms with van der Waals surface area (Å²) in [4.78, 5) is 5.15. The summed E-state index contributed by atoms with van der Waals surface area (Å²) in [6.45, 7) is 5.01. The molecule has 2 aliphatic rings. The van der Waals surface area contributed by atoms with Gasteiger partial charge >= 0.3 is 0 Å². The molecule has 0 aliphatic carbocycles. The van der Waals surface area contributed by atoms with Crippen LogP contribution in [0.15, 0.2) is 60.7 Å². The maximum absolute atomic E-state index is 2.69. The first-order chi connectivity index (χ1) is 11.3. The Morgan fingerprint density at radius 3 is 1.70 bits per heavy atom. The Bertz CT molecular complexity index is 582. The molecular formula is C21H26N2. The molecule has 0 radical (unpaired) electrons. The fourth-order valence-corrected chi connectivity index (χ4v) is 4.56. The van der Waals surface area contributed by atoms with E-state index in [1.807, 2.05) is 0 Å². The van der Waals surface area contributed by atoms with E-state index in [4.69, 9.17) is 0 Å².